The van der Waals surface area contributed by atoms with E-state index in [0.717, 1.165) is 18.7 Å². The average molecular weight is 333 g/mol. The Labute approximate surface area is 140 Å². The van der Waals surface area contributed by atoms with Gasteiger partial charge in [-0.2, -0.15) is 4.68 Å². The van der Waals surface area contributed by atoms with Gasteiger partial charge in [-0.25, -0.2) is 4.79 Å². The molecule has 1 aromatic carbocycles. The summed E-state index contributed by atoms with van der Waals surface area (Å²) in [7, 11) is 0. The van der Waals surface area contributed by atoms with E-state index < -0.39 is 11.9 Å². The predicted octanol–water partition coefficient (Wildman–Crippen LogP) is 0.973. The molecule has 2 aromatic rings. The summed E-state index contributed by atoms with van der Waals surface area (Å²) in [6.07, 6.45) is -0.422. The van der Waals surface area contributed by atoms with Crippen molar-refractivity contribution in [1.29, 1.82) is 0 Å². The topological polar surface area (TPSA) is 80.7 Å². The van der Waals surface area contributed by atoms with Gasteiger partial charge in [-0.15, -0.1) is 5.10 Å². The Morgan fingerprint density at radius 3 is 2.54 bits per heavy atom. The summed E-state index contributed by atoms with van der Waals surface area (Å²) < 4.78 is 12.0. The predicted molar refractivity (Wildman–Crippen MR) is 88.7 cm³/mol. The van der Waals surface area contributed by atoms with Gasteiger partial charge in [-0.05, 0) is 26.0 Å². The first-order chi connectivity index (χ1) is 11.5. The molecule has 7 nitrogen and oxygen atoms in total. The third-order valence-electron chi connectivity index (χ3n) is 3.97. The molecule has 2 heterocycles. The highest BCUT2D eigenvalue weighted by molar-refractivity contribution is 5.51. The molecule has 7 heteroatoms. The van der Waals surface area contributed by atoms with E-state index in [-0.39, 0.29) is 24.6 Å². The van der Waals surface area contributed by atoms with Crippen molar-refractivity contribution in [1.82, 2.24) is 14.7 Å². The molecule has 24 heavy (non-hydrogen) atoms. The normalized spacial score (nSPS) is 23.3. The lowest BCUT2D eigenvalue weighted by Gasteiger charge is -2.36. The molecule has 0 saturated carbocycles. The van der Waals surface area contributed by atoms with Crippen molar-refractivity contribution in [3.63, 3.8) is 0 Å². The van der Waals surface area contributed by atoms with E-state index in [1.807, 2.05) is 44.2 Å². The number of nitrogens with zero attached hydrogens (tertiary/aromatic N) is 3. The molecule has 3 atom stereocenters. The molecule has 0 bridgehead atoms. The quantitative estimate of drug-likeness (QED) is 0.878. The van der Waals surface area contributed by atoms with Crippen LogP contribution in [0.2, 0.25) is 0 Å². The van der Waals surface area contributed by atoms with E-state index in [0.29, 0.717) is 6.54 Å². The van der Waals surface area contributed by atoms with Gasteiger partial charge in [0.2, 0.25) is 5.89 Å². The number of aromatic nitrogens is 2. The number of morpholine rings is 1. The van der Waals surface area contributed by atoms with E-state index >= 15 is 0 Å². The van der Waals surface area contributed by atoms with Crippen LogP contribution >= 0.6 is 0 Å². The number of aliphatic hydroxyl groups excluding tert-OH is 1. The molecular formula is C17H23N3O4. The van der Waals surface area contributed by atoms with Crippen LogP contribution in [0.5, 0.6) is 0 Å². The zero-order valence-corrected chi connectivity index (χ0v) is 14.0. The molecule has 1 aliphatic rings. The SMILES string of the molecule is CC1CN(CC(O)Cn2nc(-c3ccccc3)oc2=O)CC(C)O1. The monoisotopic (exact) mass is 333 g/mol. The Hall–Kier alpha value is -1.96. The molecule has 0 radical (unpaired) electrons. The van der Waals surface area contributed by atoms with Gasteiger partial charge in [-0.3, -0.25) is 4.90 Å². The van der Waals surface area contributed by atoms with Crippen LogP contribution in [-0.4, -0.2) is 57.7 Å². The van der Waals surface area contributed by atoms with Crippen molar-refractivity contribution in [2.75, 3.05) is 19.6 Å². The fourth-order valence-corrected chi connectivity index (χ4v) is 3.11. The third kappa shape index (κ3) is 4.11. The molecule has 1 saturated heterocycles. The molecule has 130 valence electrons. The van der Waals surface area contributed by atoms with E-state index in [9.17, 15) is 9.90 Å². The zero-order valence-electron chi connectivity index (χ0n) is 14.0. The summed E-state index contributed by atoms with van der Waals surface area (Å²) in [6, 6.07) is 9.23. The fourth-order valence-electron chi connectivity index (χ4n) is 3.11. The molecule has 1 fully saturated rings. The highest BCUT2D eigenvalue weighted by atomic mass is 16.5. The maximum atomic E-state index is 11.9. The molecule has 1 aliphatic heterocycles. The highest BCUT2D eigenvalue weighted by Gasteiger charge is 2.24. The molecule has 0 aliphatic carbocycles. The number of benzene rings is 1. The summed E-state index contributed by atoms with van der Waals surface area (Å²) in [5.41, 5.74) is 0.735. The zero-order chi connectivity index (χ0) is 17.1. The Morgan fingerprint density at radius 1 is 1.21 bits per heavy atom. The standard InChI is InChI=1S/C17H23N3O4/c1-12-8-19(9-13(2)23-12)10-15(21)11-20-17(22)24-16(18-20)14-6-4-3-5-7-14/h3-7,12-13,15,21H,8-11H2,1-2H3. The van der Waals surface area contributed by atoms with Gasteiger partial charge in [0.25, 0.3) is 0 Å². The van der Waals surface area contributed by atoms with Crippen molar-refractivity contribution in [2.45, 2.75) is 38.7 Å². The lowest BCUT2D eigenvalue weighted by Crippen LogP contribution is -2.48. The number of hydrogen-bond donors (Lipinski definition) is 1. The van der Waals surface area contributed by atoms with E-state index in [2.05, 4.69) is 10.00 Å². The van der Waals surface area contributed by atoms with Gasteiger partial charge in [-0.1, -0.05) is 18.2 Å². The van der Waals surface area contributed by atoms with Crippen molar-refractivity contribution >= 4 is 0 Å². The summed E-state index contributed by atoms with van der Waals surface area (Å²) in [5.74, 6) is -0.293. The van der Waals surface area contributed by atoms with Crippen LogP contribution in [0.15, 0.2) is 39.5 Å². The van der Waals surface area contributed by atoms with Crippen LogP contribution in [0.4, 0.5) is 0 Å². The molecule has 3 unspecified atom stereocenters. The van der Waals surface area contributed by atoms with Crippen LogP contribution in [0.25, 0.3) is 11.5 Å². The average Bonchev–Trinajstić information content (AvgIpc) is 2.88. The first-order valence-electron chi connectivity index (χ1n) is 8.20. The van der Waals surface area contributed by atoms with Crippen molar-refractivity contribution < 1.29 is 14.3 Å². The number of rotatable bonds is 5. The Bertz CT molecular complexity index is 702. The van der Waals surface area contributed by atoms with Gasteiger partial charge >= 0.3 is 5.76 Å². The lowest BCUT2D eigenvalue weighted by atomic mass is 10.2. The van der Waals surface area contributed by atoms with Crippen LogP contribution in [0.1, 0.15) is 13.8 Å². The molecule has 1 aromatic heterocycles. The van der Waals surface area contributed by atoms with Crippen LogP contribution in [0.3, 0.4) is 0 Å². The van der Waals surface area contributed by atoms with Crippen molar-refractivity contribution in [3.05, 3.63) is 40.9 Å². The first-order valence-corrected chi connectivity index (χ1v) is 8.20. The summed E-state index contributed by atoms with van der Waals surface area (Å²) in [6.45, 7) is 6.15. The maximum Gasteiger partial charge on any atom is 0.437 e. The Kier molecular flexibility index (Phi) is 5.13. The number of β-amino-alcohol motifs (C(OH)–C–C–N with tert-alkyl or cyclic N) is 1. The summed E-state index contributed by atoms with van der Waals surface area (Å²) in [5, 5.41) is 14.5. The van der Waals surface area contributed by atoms with Crippen molar-refractivity contribution in [2.24, 2.45) is 0 Å². The largest absolute Gasteiger partial charge is 0.437 e. The minimum Gasteiger partial charge on any atom is -0.390 e. The van der Waals surface area contributed by atoms with E-state index in [1.165, 1.54) is 4.68 Å². The first kappa shape index (κ1) is 16.9. The molecule has 0 amide bonds. The van der Waals surface area contributed by atoms with Gasteiger partial charge in [0.1, 0.15) is 0 Å². The summed E-state index contributed by atoms with van der Waals surface area (Å²) in [4.78, 5) is 14.1. The molecule has 1 N–H and O–H groups in total. The highest BCUT2D eigenvalue weighted by Crippen LogP contribution is 2.14. The summed E-state index contributed by atoms with van der Waals surface area (Å²) >= 11 is 0. The van der Waals surface area contributed by atoms with Crippen molar-refractivity contribution in [3.8, 4) is 11.5 Å². The Morgan fingerprint density at radius 2 is 1.88 bits per heavy atom. The van der Waals surface area contributed by atoms with Gasteiger partial charge in [0.15, 0.2) is 0 Å². The van der Waals surface area contributed by atoms with Gasteiger partial charge in [0.05, 0.1) is 24.9 Å². The van der Waals surface area contributed by atoms with Gasteiger partial charge < -0.3 is 14.3 Å². The minimum atomic E-state index is -0.700. The second-order valence-corrected chi connectivity index (χ2v) is 6.35. The van der Waals surface area contributed by atoms with E-state index in [4.69, 9.17) is 9.15 Å². The number of aliphatic hydroxyl groups is 1. The smallest absolute Gasteiger partial charge is 0.390 e. The second kappa shape index (κ2) is 7.29. The number of ether oxygens (including phenoxy) is 1. The van der Waals surface area contributed by atoms with E-state index in [1.54, 1.807) is 0 Å². The Balaban J connectivity index is 1.63. The van der Waals surface area contributed by atoms with Gasteiger partial charge in [0, 0.05) is 25.2 Å². The van der Waals surface area contributed by atoms with Crippen LogP contribution in [-0.2, 0) is 11.3 Å². The fraction of sp³-hybridized carbons (Fsp3) is 0.529. The lowest BCUT2D eigenvalue weighted by molar-refractivity contribution is -0.0775. The molecule has 0 spiro atoms. The second-order valence-electron chi connectivity index (χ2n) is 6.35. The third-order valence-corrected chi connectivity index (χ3v) is 3.97. The maximum absolute atomic E-state index is 11.9. The van der Waals surface area contributed by atoms with Crippen LogP contribution < -0.4 is 5.76 Å². The molecular weight excluding hydrogens is 310 g/mol. The van der Waals surface area contributed by atoms with Crippen LogP contribution in [0, 0.1) is 0 Å². The molecule has 3 rings (SSSR count). The minimum absolute atomic E-state index is 0.106. The number of hydrogen-bond acceptors (Lipinski definition) is 6.